The fourth-order valence-electron chi connectivity index (χ4n) is 5.15. The second-order valence-electron chi connectivity index (χ2n) is 10.8. The topological polar surface area (TPSA) is 107 Å². The Bertz CT molecular complexity index is 1280. The number of nitrogens with one attached hydrogen (secondary N) is 1. The lowest BCUT2D eigenvalue weighted by Gasteiger charge is -2.36. The summed E-state index contributed by atoms with van der Waals surface area (Å²) in [7, 11) is 0. The molecule has 1 saturated heterocycles. The Kier molecular flexibility index (Phi) is 6.74. The maximum absolute atomic E-state index is 13.2. The van der Waals surface area contributed by atoms with Crippen LogP contribution in [-0.2, 0) is 16.8 Å². The third-order valence-electron chi connectivity index (χ3n) is 7.47. The van der Waals surface area contributed by atoms with Crippen LogP contribution in [0.25, 0.3) is 10.9 Å². The van der Waals surface area contributed by atoms with E-state index in [9.17, 15) is 4.79 Å². The number of benzene rings is 1. The van der Waals surface area contributed by atoms with Gasteiger partial charge in [-0.3, -0.25) is 9.69 Å². The highest BCUT2D eigenvalue weighted by Gasteiger charge is 2.35. The van der Waals surface area contributed by atoms with Crippen molar-refractivity contribution < 1.29 is 14.2 Å². The van der Waals surface area contributed by atoms with Gasteiger partial charge >= 0.3 is 0 Å². The third-order valence-corrected chi connectivity index (χ3v) is 7.47. The second kappa shape index (κ2) is 9.82. The monoisotopic (exact) mass is 496 g/mol. The van der Waals surface area contributed by atoms with Crippen molar-refractivity contribution in [3.8, 4) is 11.5 Å². The van der Waals surface area contributed by atoms with Crippen molar-refractivity contribution in [3.63, 3.8) is 0 Å². The predicted molar refractivity (Wildman–Crippen MR) is 135 cm³/mol. The molecule has 1 aromatic carbocycles. The predicted octanol–water partition coefficient (Wildman–Crippen LogP) is 3.77. The molecule has 1 N–H and O–H groups in total. The summed E-state index contributed by atoms with van der Waals surface area (Å²) in [6.45, 7) is 12.9. The van der Waals surface area contributed by atoms with E-state index in [0.717, 1.165) is 42.6 Å². The minimum absolute atomic E-state index is 0.0955. The van der Waals surface area contributed by atoms with Gasteiger partial charge < -0.3 is 19.2 Å². The Balaban J connectivity index is 1.54. The van der Waals surface area contributed by atoms with Crippen molar-refractivity contribution in [3.05, 3.63) is 39.9 Å². The summed E-state index contributed by atoms with van der Waals surface area (Å²) < 4.78 is 19.0. The van der Waals surface area contributed by atoms with Gasteiger partial charge in [0.2, 0.25) is 6.79 Å². The molecule has 10 heteroatoms. The first kappa shape index (κ1) is 24.7. The summed E-state index contributed by atoms with van der Waals surface area (Å²) in [5.74, 6) is 2.36. The molecule has 0 saturated carbocycles. The molecule has 2 aromatic heterocycles. The van der Waals surface area contributed by atoms with Crippen LogP contribution in [0.3, 0.4) is 0 Å². The Morgan fingerprint density at radius 3 is 2.69 bits per heavy atom. The zero-order valence-corrected chi connectivity index (χ0v) is 21.8. The van der Waals surface area contributed by atoms with E-state index in [1.165, 1.54) is 0 Å². The zero-order chi connectivity index (χ0) is 25.4. The molecule has 2 aliphatic rings. The Hall–Kier alpha value is -2.98. The van der Waals surface area contributed by atoms with E-state index < -0.39 is 0 Å². The molecule has 0 radical (unpaired) electrons. The molecule has 0 bridgehead atoms. The lowest BCUT2D eigenvalue weighted by Crippen LogP contribution is -2.41. The average Bonchev–Trinajstić information content (AvgIpc) is 3.60. The van der Waals surface area contributed by atoms with E-state index in [0.29, 0.717) is 30.2 Å². The van der Waals surface area contributed by atoms with Gasteiger partial charge in [0, 0.05) is 36.7 Å². The Morgan fingerprint density at radius 2 is 2.00 bits per heavy atom. The van der Waals surface area contributed by atoms with Gasteiger partial charge in [-0.2, -0.15) is 0 Å². The van der Waals surface area contributed by atoms with Gasteiger partial charge in [0.05, 0.1) is 23.2 Å². The van der Waals surface area contributed by atoms with Crippen molar-refractivity contribution >= 4 is 10.9 Å². The van der Waals surface area contributed by atoms with E-state index in [1.807, 2.05) is 22.9 Å². The number of ether oxygens (including phenoxy) is 3. The van der Waals surface area contributed by atoms with Crippen molar-refractivity contribution in [1.29, 1.82) is 0 Å². The molecular formula is C26H36N6O4. The number of aromatic nitrogens is 5. The average molecular weight is 497 g/mol. The fraction of sp³-hybridized carbons (Fsp3) is 0.615. The molecule has 0 amide bonds. The van der Waals surface area contributed by atoms with Crippen molar-refractivity contribution in [2.45, 2.75) is 78.1 Å². The van der Waals surface area contributed by atoms with Gasteiger partial charge in [-0.15, -0.1) is 5.10 Å². The molecule has 0 unspecified atom stereocenters. The summed E-state index contributed by atoms with van der Waals surface area (Å²) in [4.78, 5) is 18.6. The fourth-order valence-corrected chi connectivity index (χ4v) is 5.15. The molecule has 2 atom stereocenters. The number of hydrogen-bond donors (Lipinski definition) is 1. The van der Waals surface area contributed by atoms with Crippen LogP contribution < -0.4 is 15.0 Å². The van der Waals surface area contributed by atoms with Gasteiger partial charge in [0.15, 0.2) is 17.3 Å². The molecule has 10 nitrogen and oxygen atoms in total. The first-order chi connectivity index (χ1) is 17.3. The number of pyridine rings is 1. The molecule has 1 fully saturated rings. The van der Waals surface area contributed by atoms with Crippen molar-refractivity contribution in [1.82, 2.24) is 30.1 Å². The number of rotatable bonds is 9. The molecule has 36 heavy (non-hydrogen) atoms. The van der Waals surface area contributed by atoms with Crippen LogP contribution >= 0.6 is 0 Å². The largest absolute Gasteiger partial charge is 0.454 e. The Labute approximate surface area is 210 Å². The van der Waals surface area contributed by atoms with E-state index >= 15 is 0 Å². The number of nitrogens with zero attached hydrogens (tertiary/aromatic N) is 5. The number of hydrogen-bond acceptors (Lipinski definition) is 8. The van der Waals surface area contributed by atoms with E-state index in [4.69, 9.17) is 14.2 Å². The zero-order valence-electron chi connectivity index (χ0n) is 21.8. The highest BCUT2D eigenvalue weighted by atomic mass is 16.7. The maximum atomic E-state index is 13.2. The first-order valence-corrected chi connectivity index (χ1v) is 12.9. The van der Waals surface area contributed by atoms with Gasteiger partial charge in [0.25, 0.3) is 5.56 Å². The minimum atomic E-state index is -0.232. The summed E-state index contributed by atoms with van der Waals surface area (Å²) in [5, 5.41) is 13.9. The van der Waals surface area contributed by atoms with Gasteiger partial charge in [-0.05, 0) is 61.6 Å². The van der Waals surface area contributed by atoms with Crippen LogP contribution in [0.1, 0.15) is 71.3 Å². The first-order valence-electron chi connectivity index (χ1n) is 12.9. The quantitative estimate of drug-likeness (QED) is 0.477. The van der Waals surface area contributed by atoms with Crippen LogP contribution in [0.5, 0.6) is 11.5 Å². The molecule has 2 aliphatic heterocycles. The SMILES string of the molecule is CCC(C)(C)n1nnnc1[C@H](C(C)C)N(Cc1cc2cc3c(cc2[nH]c1=O)OCO3)C[C@@H]1CCCO1. The number of tetrazole rings is 1. The van der Waals surface area contributed by atoms with Crippen molar-refractivity contribution in [2.24, 2.45) is 5.92 Å². The van der Waals surface area contributed by atoms with Crippen LogP contribution in [0.2, 0.25) is 0 Å². The summed E-state index contributed by atoms with van der Waals surface area (Å²) in [6, 6.07) is 5.60. The van der Waals surface area contributed by atoms with Crippen LogP contribution in [0.4, 0.5) is 0 Å². The number of fused-ring (bicyclic) bond motifs is 2. The number of H-pyrrole nitrogens is 1. The highest BCUT2D eigenvalue weighted by molar-refractivity contribution is 5.83. The molecule has 4 heterocycles. The lowest BCUT2D eigenvalue weighted by atomic mass is 9.97. The van der Waals surface area contributed by atoms with E-state index in [2.05, 4.69) is 60.0 Å². The second-order valence-corrected chi connectivity index (χ2v) is 10.8. The van der Waals surface area contributed by atoms with Crippen LogP contribution in [0.15, 0.2) is 23.0 Å². The van der Waals surface area contributed by atoms with E-state index in [1.54, 1.807) is 0 Å². The van der Waals surface area contributed by atoms with Crippen LogP contribution in [0, 0.1) is 5.92 Å². The molecule has 5 rings (SSSR count). The van der Waals surface area contributed by atoms with Crippen LogP contribution in [-0.4, -0.2) is 56.1 Å². The summed E-state index contributed by atoms with van der Waals surface area (Å²) in [5.41, 5.74) is 1.06. The highest BCUT2D eigenvalue weighted by Crippen LogP contribution is 2.36. The minimum Gasteiger partial charge on any atom is -0.454 e. The molecular weight excluding hydrogens is 460 g/mol. The molecule has 0 aliphatic carbocycles. The molecule has 3 aromatic rings. The number of aromatic amines is 1. The molecule has 194 valence electrons. The third kappa shape index (κ3) is 4.71. The van der Waals surface area contributed by atoms with Gasteiger partial charge in [-0.1, -0.05) is 20.8 Å². The summed E-state index contributed by atoms with van der Waals surface area (Å²) in [6.07, 6.45) is 3.06. The normalized spacial score (nSPS) is 18.6. The standard InChI is InChI=1S/C26H36N6O4/c1-6-26(4,5)32-24(28-29-30-32)23(16(2)3)31(14-19-8-7-9-34-19)13-18-10-17-11-21-22(36-15-35-21)12-20(17)27-25(18)33/h10-12,16,19,23H,6-9,13-15H2,1-5H3,(H,27,33)/t19-,23-/m0/s1. The Morgan fingerprint density at radius 1 is 1.22 bits per heavy atom. The smallest absolute Gasteiger partial charge is 0.252 e. The van der Waals surface area contributed by atoms with Gasteiger partial charge in [-0.25, -0.2) is 4.68 Å². The van der Waals surface area contributed by atoms with Gasteiger partial charge in [0.1, 0.15) is 0 Å². The summed E-state index contributed by atoms with van der Waals surface area (Å²) >= 11 is 0. The lowest BCUT2D eigenvalue weighted by molar-refractivity contribution is 0.0368. The van der Waals surface area contributed by atoms with Crippen molar-refractivity contribution in [2.75, 3.05) is 19.9 Å². The van der Waals surface area contributed by atoms with E-state index in [-0.39, 0.29) is 36.0 Å². The maximum Gasteiger partial charge on any atom is 0.252 e. The molecule has 0 spiro atoms.